The van der Waals surface area contributed by atoms with Crippen LogP contribution in [0.15, 0.2) is 28.0 Å². The van der Waals surface area contributed by atoms with E-state index in [2.05, 4.69) is 16.8 Å². The van der Waals surface area contributed by atoms with E-state index in [1.165, 1.54) is 11.8 Å². The zero-order chi connectivity index (χ0) is 21.6. The highest BCUT2D eigenvalue weighted by molar-refractivity contribution is 8.26. The number of anilines is 1. The third kappa shape index (κ3) is 3.66. The van der Waals surface area contributed by atoms with Crippen LogP contribution in [0.2, 0.25) is 0 Å². The number of piperazine rings is 1. The smallest absolute Gasteiger partial charge is 0.267 e. The molecule has 0 atom stereocenters. The van der Waals surface area contributed by atoms with Gasteiger partial charge in [0, 0.05) is 38.4 Å². The summed E-state index contributed by atoms with van der Waals surface area (Å²) in [6.07, 6.45) is 3.40. The molecule has 30 heavy (non-hydrogen) atoms. The summed E-state index contributed by atoms with van der Waals surface area (Å²) in [5.41, 5.74) is 1.84. The number of rotatable bonds is 3. The molecule has 0 aromatic carbocycles. The summed E-state index contributed by atoms with van der Waals surface area (Å²) >= 11 is 6.64. The van der Waals surface area contributed by atoms with Crippen LogP contribution in [-0.2, 0) is 4.79 Å². The summed E-state index contributed by atoms with van der Waals surface area (Å²) in [5.74, 6) is 0.482. The molecule has 9 heteroatoms. The van der Waals surface area contributed by atoms with Gasteiger partial charge in [0.25, 0.3) is 11.5 Å². The Balaban J connectivity index is 1.89. The van der Waals surface area contributed by atoms with Gasteiger partial charge in [0.15, 0.2) is 0 Å². The van der Waals surface area contributed by atoms with Crippen LogP contribution in [0.5, 0.6) is 0 Å². The Morgan fingerprint density at radius 3 is 2.53 bits per heavy atom. The van der Waals surface area contributed by atoms with Gasteiger partial charge in [-0.25, -0.2) is 4.98 Å². The van der Waals surface area contributed by atoms with Crippen LogP contribution in [-0.4, -0.2) is 68.7 Å². The lowest BCUT2D eigenvalue weighted by Crippen LogP contribution is -2.45. The van der Waals surface area contributed by atoms with Crippen LogP contribution in [0.25, 0.3) is 11.7 Å². The number of pyridine rings is 1. The van der Waals surface area contributed by atoms with Crippen LogP contribution in [0.4, 0.5) is 5.82 Å². The second-order valence-electron chi connectivity index (χ2n) is 7.97. The number of nitrogens with zero attached hydrogens (tertiary/aromatic N) is 5. The van der Waals surface area contributed by atoms with E-state index in [0.717, 1.165) is 31.7 Å². The van der Waals surface area contributed by atoms with E-state index in [-0.39, 0.29) is 17.5 Å². The van der Waals surface area contributed by atoms with Crippen LogP contribution in [0.3, 0.4) is 0 Å². The third-order valence-corrected chi connectivity index (χ3v) is 6.81. The minimum atomic E-state index is -0.174. The van der Waals surface area contributed by atoms with Crippen molar-refractivity contribution in [2.45, 2.75) is 26.8 Å². The predicted molar refractivity (Wildman–Crippen MR) is 126 cm³/mol. The Bertz CT molecular complexity index is 1120. The SMILES string of the molecule is Cc1cccn2c(=O)c(/C=C3\SC(=S)N(C(C)C)C3=O)c(N3CCN(C)CC3)nc12. The van der Waals surface area contributed by atoms with E-state index in [0.29, 0.717) is 26.3 Å². The molecule has 0 radical (unpaired) electrons. The van der Waals surface area contributed by atoms with Gasteiger partial charge in [-0.05, 0) is 45.5 Å². The summed E-state index contributed by atoms with van der Waals surface area (Å²) in [7, 11) is 2.09. The number of carbonyl (C=O) groups excluding carboxylic acids is 1. The maximum atomic E-state index is 13.5. The van der Waals surface area contributed by atoms with Crippen molar-refractivity contribution in [2.75, 3.05) is 38.1 Å². The molecule has 0 spiro atoms. The molecular weight excluding hydrogens is 418 g/mol. The standard InChI is InChI=1S/C21H25N5O2S2/c1-13(2)26-20(28)16(30-21(26)29)12-15-18(24-10-8-23(4)9-11-24)22-17-14(3)6-5-7-25(17)19(15)27/h5-7,12-13H,8-11H2,1-4H3/b16-12-. The van der Waals surface area contributed by atoms with Crippen molar-refractivity contribution in [3.8, 4) is 0 Å². The Kier molecular flexibility index (Phi) is 5.69. The van der Waals surface area contributed by atoms with Gasteiger partial charge in [-0.2, -0.15) is 0 Å². The van der Waals surface area contributed by atoms with Crippen LogP contribution in [0.1, 0.15) is 25.0 Å². The zero-order valence-corrected chi connectivity index (χ0v) is 19.2. The topological polar surface area (TPSA) is 61.2 Å². The molecule has 2 aliphatic heterocycles. The Morgan fingerprint density at radius 1 is 1.20 bits per heavy atom. The van der Waals surface area contributed by atoms with Crippen molar-refractivity contribution in [2.24, 2.45) is 0 Å². The predicted octanol–water partition coefficient (Wildman–Crippen LogP) is 2.36. The fourth-order valence-electron chi connectivity index (χ4n) is 3.74. The average Bonchev–Trinajstić information content (AvgIpc) is 2.98. The fourth-order valence-corrected chi connectivity index (χ4v) is 5.25. The number of amides is 1. The highest BCUT2D eigenvalue weighted by Gasteiger charge is 2.34. The molecule has 0 saturated carbocycles. The molecule has 2 aromatic rings. The van der Waals surface area contributed by atoms with E-state index < -0.39 is 0 Å². The molecule has 0 unspecified atom stereocenters. The van der Waals surface area contributed by atoms with Crippen molar-refractivity contribution in [1.82, 2.24) is 19.2 Å². The van der Waals surface area contributed by atoms with Gasteiger partial charge < -0.3 is 9.80 Å². The first-order valence-corrected chi connectivity index (χ1v) is 11.2. The summed E-state index contributed by atoms with van der Waals surface area (Å²) in [4.78, 5) is 37.7. The minimum absolute atomic E-state index is 0.0287. The average molecular weight is 444 g/mol. The number of hydrogen-bond acceptors (Lipinski definition) is 7. The number of aryl methyl sites for hydroxylation is 1. The van der Waals surface area contributed by atoms with E-state index in [9.17, 15) is 9.59 Å². The van der Waals surface area contributed by atoms with Crippen LogP contribution >= 0.6 is 24.0 Å². The normalized spacial score (nSPS) is 19.7. The zero-order valence-electron chi connectivity index (χ0n) is 17.6. The lowest BCUT2D eigenvalue weighted by atomic mass is 10.2. The Morgan fingerprint density at radius 2 is 1.90 bits per heavy atom. The monoisotopic (exact) mass is 443 g/mol. The lowest BCUT2D eigenvalue weighted by Gasteiger charge is -2.34. The first kappa shape index (κ1) is 21.0. The number of fused-ring (bicyclic) bond motifs is 1. The summed E-state index contributed by atoms with van der Waals surface area (Å²) in [6, 6.07) is 3.75. The van der Waals surface area contributed by atoms with Crippen LogP contribution < -0.4 is 10.5 Å². The molecule has 0 N–H and O–H groups in total. The second kappa shape index (κ2) is 8.13. The number of thioether (sulfide) groups is 1. The van der Waals surface area contributed by atoms with E-state index >= 15 is 0 Å². The van der Waals surface area contributed by atoms with Gasteiger partial charge in [0.1, 0.15) is 15.8 Å². The molecule has 2 aromatic heterocycles. The summed E-state index contributed by atoms with van der Waals surface area (Å²) < 4.78 is 2.08. The molecule has 2 aliphatic rings. The number of hydrogen-bond donors (Lipinski definition) is 0. The van der Waals surface area contributed by atoms with Crippen molar-refractivity contribution < 1.29 is 4.79 Å². The molecule has 1 amide bonds. The largest absolute Gasteiger partial charge is 0.353 e. The molecule has 4 heterocycles. The highest BCUT2D eigenvalue weighted by Crippen LogP contribution is 2.34. The second-order valence-corrected chi connectivity index (χ2v) is 9.65. The Hall–Kier alpha value is -2.23. The number of carbonyl (C=O) groups is 1. The van der Waals surface area contributed by atoms with Crippen LogP contribution in [0, 0.1) is 6.92 Å². The molecular formula is C21H25N5O2S2. The number of aromatic nitrogens is 2. The quantitative estimate of drug-likeness (QED) is 0.533. The highest BCUT2D eigenvalue weighted by atomic mass is 32.2. The van der Waals surface area contributed by atoms with Gasteiger partial charge in [-0.3, -0.25) is 18.9 Å². The molecule has 0 aliphatic carbocycles. The van der Waals surface area contributed by atoms with Crippen molar-refractivity contribution in [1.29, 1.82) is 0 Å². The number of thiocarbonyl (C=S) groups is 1. The molecule has 2 saturated heterocycles. The van der Waals surface area contributed by atoms with Gasteiger partial charge in [-0.15, -0.1) is 0 Å². The molecule has 2 fully saturated rings. The molecule has 4 rings (SSSR count). The number of likely N-dealkylation sites (N-methyl/N-ethyl adjacent to an activating group) is 1. The van der Waals surface area contributed by atoms with Crippen molar-refractivity contribution in [3.05, 3.63) is 44.7 Å². The summed E-state index contributed by atoms with van der Waals surface area (Å²) in [5, 5.41) is 0. The maximum Gasteiger partial charge on any atom is 0.267 e. The molecule has 0 bridgehead atoms. The van der Waals surface area contributed by atoms with E-state index in [1.54, 1.807) is 21.6 Å². The molecule has 7 nitrogen and oxygen atoms in total. The van der Waals surface area contributed by atoms with E-state index in [1.807, 2.05) is 32.9 Å². The maximum absolute atomic E-state index is 13.5. The van der Waals surface area contributed by atoms with Gasteiger partial charge >= 0.3 is 0 Å². The first-order valence-electron chi connectivity index (χ1n) is 10.0. The van der Waals surface area contributed by atoms with E-state index in [4.69, 9.17) is 17.2 Å². The van der Waals surface area contributed by atoms with Gasteiger partial charge in [0.2, 0.25) is 0 Å². The third-order valence-electron chi connectivity index (χ3n) is 5.48. The van der Waals surface area contributed by atoms with Crippen molar-refractivity contribution >= 4 is 51.7 Å². The summed E-state index contributed by atoms with van der Waals surface area (Å²) in [6.45, 7) is 9.14. The molecule has 158 valence electrons. The lowest BCUT2D eigenvalue weighted by molar-refractivity contribution is -0.123. The van der Waals surface area contributed by atoms with Gasteiger partial charge in [0.05, 0.1) is 10.5 Å². The Labute approximate surface area is 185 Å². The van der Waals surface area contributed by atoms with Gasteiger partial charge in [-0.1, -0.05) is 30.0 Å². The fraction of sp³-hybridized carbons (Fsp3) is 0.429. The van der Waals surface area contributed by atoms with Crippen molar-refractivity contribution in [3.63, 3.8) is 0 Å². The minimum Gasteiger partial charge on any atom is -0.353 e. The first-order chi connectivity index (χ1) is 14.3.